The summed E-state index contributed by atoms with van der Waals surface area (Å²) in [5.74, 6) is 1.24. The Hall–Kier alpha value is -1.79. The quantitative estimate of drug-likeness (QED) is 0.376. The number of rotatable bonds is 5. The molecule has 1 saturated heterocycles. The second-order valence-electron chi connectivity index (χ2n) is 8.02. The maximum absolute atomic E-state index is 13.1. The summed E-state index contributed by atoms with van der Waals surface area (Å²) >= 11 is 4.68. The van der Waals surface area contributed by atoms with Crippen molar-refractivity contribution in [3.63, 3.8) is 0 Å². The number of hydrogen-bond acceptors (Lipinski definition) is 11. The number of β-lactam (4-membered cyclic amide) rings is 1. The van der Waals surface area contributed by atoms with Crippen molar-refractivity contribution in [1.82, 2.24) is 25.7 Å². The van der Waals surface area contributed by atoms with E-state index < -0.39 is 17.6 Å². The fourth-order valence-electron chi connectivity index (χ4n) is 3.24. The second-order valence-corrected chi connectivity index (χ2v) is 11.5. The van der Waals surface area contributed by atoms with Gasteiger partial charge < -0.3 is 15.4 Å². The summed E-state index contributed by atoms with van der Waals surface area (Å²) in [6.45, 7) is 8.84. The van der Waals surface area contributed by atoms with Crippen LogP contribution in [-0.4, -0.2) is 74.5 Å². The largest absolute Gasteiger partial charge is 0.455 e. The Kier molecular flexibility index (Phi) is 5.99. The summed E-state index contributed by atoms with van der Waals surface area (Å²) < 4.78 is 6.49. The lowest BCUT2D eigenvalue weighted by Gasteiger charge is -2.50. The van der Waals surface area contributed by atoms with Crippen molar-refractivity contribution in [1.29, 1.82) is 0 Å². The summed E-state index contributed by atoms with van der Waals surface area (Å²) in [6, 6.07) is -0.406. The fraction of sp³-hybridized carbons (Fsp3) is 0.611. The van der Waals surface area contributed by atoms with Gasteiger partial charge in [0, 0.05) is 18.1 Å². The van der Waals surface area contributed by atoms with Crippen LogP contribution < -0.4 is 10.6 Å². The van der Waals surface area contributed by atoms with Crippen LogP contribution in [0.4, 0.5) is 0 Å². The molecule has 0 radical (unpaired) electrons. The SMILES string of the molecule is Cc1nnc(SCC2=C(C(=O)OC(C)(C)C)N3C(=O)[C@@H](NC4=NCCN4)[C@H]3SC2)s1. The lowest BCUT2D eigenvalue weighted by atomic mass is 10.0. The molecule has 4 heterocycles. The number of carbonyl (C=O) groups excluding carboxylic acids is 2. The van der Waals surface area contributed by atoms with Crippen LogP contribution in [-0.2, 0) is 14.3 Å². The van der Waals surface area contributed by atoms with Crippen LogP contribution in [0.3, 0.4) is 0 Å². The van der Waals surface area contributed by atoms with Gasteiger partial charge in [0.15, 0.2) is 10.3 Å². The van der Waals surface area contributed by atoms with Crippen LogP contribution in [0.2, 0.25) is 0 Å². The Bertz CT molecular complexity index is 923. The highest BCUT2D eigenvalue weighted by atomic mass is 32.2. The van der Waals surface area contributed by atoms with E-state index in [0.29, 0.717) is 29.7 Å². The topological polar surface area (TPSA) is 109 Å². The van der Waals surface area contributed by atoms with Crippen molar-refractivity contribution >= 4 is 52.7 Å². The van der Waals surface area contributed by atoms with E-state index in [9.17, 15) is 9.59 Å². The minimum absolute atomic E-state index is 0.140. The number of nitrogens with one attached hydrogen (secondary N) is 2. The first kappa shape index (κ1) is 21.4. The molecule has 12 heteroatoms. The van der Waals surface area contributed by atoms with Crippen molar-refractivity contribution < 1.29 is 14.3 Å². The number of aryl methyl sites for hydroxylation is 1. The summed E-state index contributed by atoms with van der Waals surface area (Å²) in [7, 11) is 0. The molecule has 0 bridgehead atoms. The molecule has 0 unspecified atom stereocenters. The first-order valence-electron chi connectivity index (χ1n) is 9.61. The molecular weight excluding hydrogens is 444 g/mol. The maximum Gasteiger partial charge on any atom is 0.355 e. The van der Waals surface area contributed by atoms with Gasteiger partial charge >= 0.3 is 5.97 Å². The number of fused-ring (bicyclic) bond motifs is 1. The molecule has 2 atom stereocenters. The minimum atomic E-state index is -0.646. The average molecular weight is 469 g/mol. The van der Waals surface area contributed by atoms with Crippen molar-refractivity contribution in [2.24, 2.45) is 4.99 Å². The molecule has 1 fully saturated rings. The number of ether oxygens (including phenoxy) is 1. The average Bonchev–Trinajstić information content (AvgIpc) is 3.33. The van der Waals surface area contributed by atoms with Gasteiger partial charge in [-0.1, -0.05) is 23.1 Å². The summed E-state index contributed by atoms with van der Waals surface area (Å²) in [5.41, 5.74) is 0.602. The summed E-state index contributed by atoms with van der Waals surface area (Å²) in [5, 5.41) is 15.2. The molecule has 1 aromatic heterocycles. The van der Waals surface area contributed by atoms with Gasteiger partial charge in [0.2, 0.25) is 0 Å². The third-order valence-electron chi connectivity index (χ3n) is 4.48. The van der Waals surface area contributed by atoms with Crippen LogP contribution >= 0.6 is 34.9 Å². The number of thioether (sulfide) groups is 2. The zero-order valence-electron chi connectivity index (χ0n) is 17.2. The fourth-order valence-corrected chi connectivity index (χ4v) is 6.54. The summed E-state index contributed by atoms with van der Waals surface area (Å²) in [4.78, 5) is 31.9. The van der Waals surface area contributed by atoms with E-state index in [1.165, 1.54) is 23.1 Å². The van der Waals surface area contributed by atoms with Crippen molar-refractivity contribution in [3.8, 4) is 0 Å². The second kappa shape index (κ2) is 8.39. The molecule has 1 aromatic rings. The number of esters is 1. The van der Waals surface area contributed by atoms with Crippen LogP contribution in [0.25, 0.3) is 0 Å². The van der Waals surface area contributed by atoms with Gasteiger partial charge in [-0.15, -0.1) is 22.0 Å². The van der Waals surface area contributed by atoms with E-state index in [2.05, 4.69) is 25.8 Å². The molecule has 2 N–H and O–H groups in total. The van der Waals surface area contributed by atoms with Gasteiger partial charge in [-0.25, -0.2) is 4.79 Å². The predicted octanol–water partition coefficient (Wildman–Crippen LogP) is 1.37. The molecule has 4 rings (SSSR count). The normalized spacial score (nSPS) is 23.5. The highest BCUT2D eigenvalue weighted by Gasteiger charge is 2.54. The smallest absolute Gasteiger partial charge is 0.355 e. The standard InChI is InChI=1S/C18H24N6O3S3/c1-9-22-23-17(30-9)29-8-10-7-28-14-11(21-16-19-5-6-20-16)13(25)24(14)12(10)15(26)27-18(2,3)4/h11,14H,5-8H2,1-4H3,(H2,19,20,21)/t11-,14-/m1/s1. The summed E-state index contributed by atoms with van der Waals surface area (Å²) in [6.07, 6.45) is 0. The molecule has 0 aromatic carbocycles. The number of carbonyl (C=O) groups is 2. The minimum Gasteiger partial charge on any atom is -0.455 e. The van der Waals surface area contributed by atoms with Gasteiger partial charge in [0.1, 0.15) is 27.7 Å². The number of guanidine groups is 1. The Labute approximate surface area is 187 Å². The lowest BCUT2D eigenvalue weighted by molar-refractivity contribution is -0.158. The zero-order valence-corrected chi connectivity index (χ0v) is 19.7. The lowest BCUT2D eigenvalue weighted by Crippen LogP contribution is -2.71. The third-order valence-corrected chi connectivity index (χ3v) is 7.88. The Morgan fingerprint density at radius 2 is 2.20 bits per heavy atom. The van der Waals surface area contributed by atoms with Gasteiger partial charge in [0.25, 0.3) is 5.91 Å². The van der Waals surface area contributed by atoms with E-state index in [4.69, 9.17) is 4.74 Å². The van der Waals surface area contributed by atoms with Crippen LogP contribution in [0.15, 0.2) is 20.6 Å². The molecular formula is C18H24N6O3S3. The molecule has 3 aliphatic heterocycles. The Balaban J connectivity index is 1.55. The number of nitrogens with zero attached hydrogens (tertiary/aromatic N) is 4. The van der Waals surface area contributed by atoms with Gasteiger partial charge in [-0.2, -0.15) is 0 Å². The third kappa shape index (κ3) is 4.45. The van der Waals surface area contributed by atoms with Crippen LogP contribution in [0.1, 0.15) is 25.8 Å². The van der Waals surface area contributed by atoms with Crippen LogP contribution in [0, 0.1) is 6.92 Å². The van der Waals surface area contributed by atoms with Gasteiger partial charge in [0.05, 0.1) is 6.54 Å². The molecule has 30 heavy (non-hydrogen) atoms. The van der Waals surface area contributed by atoms with Crippen molar-refractivity contribution in [3.05, 3.63) is 16.3 Å². The maximum atomic E-state index is 13.1. The van der Waals surface area contributed by atoms with E-state index in [1.54, 1.807) is 16.7 Å². The van der Waals surface area contributed by atoms with E-state index in [-0.39, 0.29) is 11.3 Å². The first-order chi connectivity index (χ1) is 14.2. The first-order valence-corrected chi connectivity index (χ1v) is 12.5. The van der Waals surface area contributed by atoms with E-state index in [0.717, 1.165) is 21.5 Å². The monoisotopic (exact) mass is 468 g/mol. The van der Waals surface area contributed by atoms with Crippen molar-refractivity contribution in [2.75, 3.05) is 24.6 Å². The molecule has 1 amide bonds. The predicted molar refractivity (Wildman–Crippen MR) is 119 cm³/mol. The highest BCUT2D eigenvalue weighted by molar-refractivity contribution is 8.01. The number of hydrogen-bond donors (Lipinski definition) is 2. The van der Waals surface area contributed by atoms with Crippen LogP contribution in [0.5, 0.6) is 0 Å². The molecule has 9 nitrogen and oxygen atoms in total. The Morgan fingerprint density at radius 1 is 1.40 bits per heavy atom. The van der Waals surface area contributed by atoms with Gasteiger partial charge in [-0.05, 0) is 33.3 Å². The number of aliphatic imine (C=N–C) groups is 1. The molecule has 162 valence electrons. The molecule has 0 saturated carbocycles. The van der Waals surface area contributed by atoms with E-state index >= 15 is 0 Å². The van der Waals surface area contributed by atoms with Crippen molar-refractivity contribution in [2.45, 2.75) is 49.1 Å². The molecule has 3 aliphatic rings. The van der Waals surface area contributed by atoms with E-state index in [1.807, 2.05) is 27.7 Å². The molecule has 0 spiro atoms. The molecule has 0 aliphatic carbocycles. The number of aromatic nitrogens is 2. The number of amides is 1. The Morgan fingerprint density at radius 3 is 2.83 bits per heavy atom. The van der Waals surface area contributed by atoms with Gasteiger partial charge in [-0.3, -0.25) is 14.7 Å². The highest BCUT2D eigenvalue weighted by Crippen LogP contribution is 2.42. The zero-order chi connectivity index (χ0) is 21.5.